The molecule has 0 radical (unpaired) electrons. The molecule has 0 atom stereocenters. The molecular formula is C39H37Br2N9O3. The van der Waals surface area contributed by atoms with Gasteiger partial charge in [-0.2, -0.15) is 10.2 Å². The van der Waals surface area contributed by atoms with Crippen LogP contribution in [-0.2, 0) is 31.7 Å². The second-order valence-electron chi connectivity index (χ2n) is 14.4. The summed E-state index contributed by atoms with van der Waals surface area (Å²) in [7, 11) is 5.23. The number of rotatable bonds is 6. The van der Waals surface area contributed by atoms with Crippen LogP contribution in [0.4, 0.5) is 0 Å². The first-order valence-corrected chi connectivity index (χ1v) is 19.3. The molecule has 4 aromatic heterocycles. The summed E-state index contributed by atoms with van der Waals surface area (Å²) >= 11 is 7.16. The number of carbonyl (C=O) groups is 2. The third-order valence-electron chi connectivity index (χ3n) is 11.5. The van der Waals surface area contributed by atoms with Gasteiger partial charge in [0.05, 0.1) is 18.5 Å². The van der Waals surface area contributed by atoms with E-state index in [9.17, 15) is 9.59 Å². The Morgan fingerprint density at radius 2 is 1.19 bits per heavy atom. The molecule has 1 amide bonds. The van der Waals surface area contributed by atoms with Crippen LogP contribution >= 0.6 is 31.9 Å². The van der Waals surface area contributed by atoms with Crippen LogP contribution in [0.2, 0.25) is 0 Å². The Kier molecular flexibility index (Phi) is 8.30. The van der Waals surface area contributed by atoms with Gasteiger partial charge in [0.2, 0.25) is 0 Å². The lowest BCUT2D eigenvalue weighted by Gasteiger charge is -2.35. The molecule has 8 heterocycles. The van der Waals surface area contributed by atoms with Gasteiger partial charge < -0.3 is 19.6 Å². The first kappa shape index (κ1) is 34.0. The highest BCUT2D eigenvalue weighted by Crippen LogP contribution is 2.54. The van der Waals surface area contributed by atoms with Crippen LogP contribution in [0.5, 0.6) is 0 Å². The smallest absolute Gasteiger partial charge is 0.358 e. The van der Waals surface area contributed by atoms with Crippen molar-refractivity contribution in [2.45, 2.75) is 62.4 Å². The SMILES string of the molecule is COC(=O)c1nc2n(c1Cc1ccnn1C)C1CC(C1)c1ccc(Br)cc1-2.Cn1nccc1Cc1c(C(N)=O)nc2n1C1CC(C1)c1ccc(Br)cc1-2. The Bertz CT molecular complexity index is 2440. The highest BCUT2D eigenvalue weighted by molar-refractivity contribution is 9.10. The quantitative estimate of drug-likeness (QED) is 0.178. The van der Waals surface area contributed by atoms with Gasteiger partial charge in [-0.3, -0.25) is 14.2 Å². The van der Waals surface area contributed by atoms with E-state index in [-0.39, 0.29) is 5.97 Å². The van der Waals surface area contributed by atoms with Crippen molar-refractivity contribution in [1.29, 1.82) is 0 Å². The van der Waals surface area contributed by atoms with E-state index in [4.69, 9.17) is 20.4 Å². The fourth-order valence-corrected chi connectivity index (χ4v) is 9.37. The summed E-state index contributed by atoms with van der Waals surface area (Å²) in [5.74, 6) is 1.98. The Morgan fingerprint density at radius 1 is 0.736 bits per heavy atom. The molecular weight excluding hydrogens is 802 g/mol. The van der Waals surface area contributed by atoms with Crippen molar-refractivity contribution in [3.8, 4) is 22.8 Å². The molecule has 2 aromatic carbocycles. The number of halogens is 2. The van der Waals surface area contributed by atoms with Gasteiger partial charge in [-0.25, -0.2) is 14.8 Å². The molecule has 0 saturated heterocycles. The van der Waals surface area contributed by atoms with E-state index in [2.05, 4.69) is 87.6 Å². The second kappa shape index (κ2) is 12.9. The minimum absolute atomic E-state index is 0.366. The predicted molar refractivity (Wildman–Crippen MR) is 205 cm³/mol. The number of hydrogen-bond donors (Lipinski definition) is 1. The summed E-state index contributed by atoms with van der Waals surface area (Å²) in [6.45, 7) is 0. The first-order chi connectivity index (χ1) is 25.6. The van der Waals surface area contributed by atoms with Crippen LogP contribution < -0.4 is 5.73 Å². The van der Waals surface area contributed by atoms with Crippen LogP contribution in [0, 0.1) is 0 Å². The van der Waals surface area contributed by atoms with Gasteiger partial charge in [0.1, 0.15) is 17.3 Å². The summed E-state index contributed by atoms with van der Waals surface area (Å²) < 4.78 is 15.3. The van der Waals surface area contributed by atoms with E-state index in [0.717, 1.165) is 80.2 Å². The number of methoxy groups -OCH3 is 1. The standard InChI is InChI=1S/C20H19BrN4O2.C19H18BrN5O/c1-24-13(5-6-22-24)10-17-18(20(26)27-2)23-19-16-9-12(21)3-4-15(16)11-7-14(8-11)25(17)19;1-24-12(4-5-22-24)9-16-17(18(21)26)23-19-15-8-11(20)2-3-14(15)10-6-13(7-10)25(16)19/h3-6,9,11,14H,7-8,10H2,1-2H3;2-5,8,10,13H,6-7,9H2,1H3,(H2,21,26). The molecule has 12 nitrogen and oxygen atoms in total. The number of esters is 1. The molecule has 6 aromatic rings. The number of amides is 1. The van der Waals surface area contributed by atoms with Crippen LogP contribution in [0.15, 0.2) is 69.9 Å². The number of aryl methyl sites for hydroxylation is 2. The van der Waals surface area contributed by atoms with Gasteiger partial charge in [0, 0.05) is 82.9 Å². The van der Waals surface area contributed by atoms with Crippen molar-refractivity contribution in [3.05, 3.63) is 115 Å². The lowest BCUT2D eigenvalue weighted by atomic mass is 9.75. The molecule has 0 spiro atoms. The summed E-state index contributed by atoms with van der Waals surface area (Å²) in [5.41, 5.74) is 15.2. The van der Waals surface area contributed by atoms with Gasteiger partial charge >= 0.3 is 5.97 Å². The van der Waals surface area contributed by atoms with Gasteiger partial charge in [-0.15, -0.1) is 0 Å². The molecule has 4 bridgehead atoms. The Labute approximate surface area is 322 Å². The van der Waals surface area contributed by atoms with Crippen LogP contribution in [0.1, 0.15) is 104 Å². The molecule has 0 unspecified atom stereocenters. The zero-order valence-corrected chi connectivity index (χ0v) is 32.6. The maximum atomic E-state index is 12.5. The maximum absolute atomic E-state index is 12.5. The summed E-state index contributed by atoms with van der Waals surface area (Å²) in [4.78, 5) is 34.2. The van der Waals surface area contributed by atoms with Crippen molar-refractivity contribution in [2.24, 2.45) is 19.8 Å². The highest BCUT2D eigenvalue weighted by Gasteiger charge is 2.43. The third kappa shape index (κ3) is 5.60. The van der Waals surface area contributed by atoms with Gasteiger partial charge in [0.25, 0.3) is 5.91 Å². The summed E-state index contributed by atoms with van der Waals surface area (Å²) in [6.07, 6.45) is 9.05. The molecule has 2 aliphatic carbocycles. The average Bonchev–Trinajstić information content (AvgIpc) is 3.82. The third-order valence-corrected chi connectivity index (χ3v) is 12.5. The van der Waals surface area contributed by atoms with Crippen molar-refractivity contribution in [1.82, 2.24) is 38.7 Å². The number of nitrogens with zero attached hydrogens (tertiary/aromatic N) is 8. The van der Waals surface area contributed by atoms with Crippen molar-refractivity contribution in [3.63, 3.8) is 0 Å². The zero-order valence-electron chi connectivity index (χ0n) is 29.5. The Morgan fingerprint density at radius 3 is 1.60 bits per heavy atom. The summed E-state index contributed by atoms with van der Waals surface area (Å²) in [6, 6.07) is 17.4. The lowest BCUT2D eigenvalue weighted by molar-refractivity contribution is 0.0592. The van der Waals surface area contributed by atoms with E-state index < -0.39 is 5.91 Å². The van der Waals surface area contributed by atoms with Crippen molar-refractivity contribution < 1.29 is 14.3 Å². The number of aromatic nitrogens is 8. The molecule has 2 fully saturated rings. The number of hydrogen-bond acceptors (Lipinski definition) is 7. The lowest BCUT2D eigenvalue weighted by Crippen LogP contribution is -2.25. The number of ether oxygens (including phenoxy) is 1. The van der Waals surface area contributed by atoms with E-state index >= 15 is 0 Å². The number of carbonyl (C=O) groups excluding carboxylic acids is 2. The minimum atomic E-state index is -0.477. The molecule has 14 heteroatoms. The molecule has 6 aliphatic rings. The topological polar surface area (TPSA) is 141 Å². The fraction of sp³-hybridized carbons (Fsp3) is 0.333. The molecule has 53 heavy (non-hydrogen) atoms. The average molecular weight is 840 g/mol. The summed E-state index contributed by atoms with van der Waals surface area (Å²) in [5, 5.41) is 8.51. The van der Waals surface area contributed by atoms with Gasteiger partial charge in [0.15, 0.2) is 5.69 Å². The molecule has 12 rings (SSSR count). The predicted octanol–water partition coefficient (Wildman–Crippen LogP) is 7.02. The van der Waals surface area contributed by atoms with Crippen molar-refractivity contribution in [2.75, 3.05) is 7.11 Å². The number of primary amides is 1. The van der Waals surface area contributed by atoms with E-state index in [1.807, 2.05) is 35.6 Å². The molecule has 2 N–H and O–H groups in total. The van der Waals surface area contributed by atoms with Gasteiger partial charge in [-0.1, -0.05) is 44.0 Å². The molecule has 270 valence electrons. The number of imidazole rings is 2. The Hall–Kier alpha value is -4.82. The fourth-order valence-electron chi connectivity index (χ4n) is 8.65. The van der Waals surface area contributed by atoms with E-state index in [0.29, 0.717) is 48.1 Å². The Balaban J connectivity index is 0.000000141. The number of benzene rings is 2. The second-order valence-corrected chi connectivity index (χ2v) is 16.2. The van der Waals surface area contributed by atoms with Crippen LogP contribution in [-0.4, -0.2) is 57.6 Å². The first-order valence-electron chi connectivity index (χ1n) is 17.7. The maximum Gasteiger partial charge on any atom is 0.358 e. The van der Waals surface area contributed by atoms with Gasteiger partial charge in [-0.05, 0) is 85.0 Å². The van der Waals surface area contributed by atoms with E-state index in [1.165, 1.54) is 18.2 Å². The van der Waals surface area contributed by atoms with Crippen LogP contribution in [0.3, 0.4) is 0 Å². The highest BCUT2D eigenvalue weighted by atomic mass is 79.9. The largest absolute Gasteiger partial charge is 0.464 e. The van der Waals surface area contributed by atoms with Crippen LogP contribution in [0.25, 0.3) is 22.8 Å². The monoisotopic (exact) mass is 837 g/mol. The normalized spacial score (nSPS) is 19.9. The molecule has 4 aliphatic heterocycles. The van der Waals surface area contributed by atoms with Crippen molar-refractivity contribution >= 4 is 43.7 Å². The number of nitrogens with two attached hydrogens (primary N) is 1. The zero-order chi connectivity index (χ0) is 36.7. The minimum Gasteiger partial charge on any atom is -0.464 e. The van der Waals surface area contributed by atoms with E-state index in [1.54, 1.807) is 12.4 Å². The molecule has 2 saturated carbocycles.